The third kappa shape index (κ3) is 3.91. The molecule has 23 heavy (non-hydrogen) atoms. The van der Waals surface area contributed by atoms with Gasteiger partial charge in [0.15, 0.2) is 0 Å². The van der Waals surface area contributed by atoms with Gasteiger partial charge >= 0.3 is 0 Å². The minimum Gasteiger partial charge on any atom is -0.368 e. The van der Waals surface area contributed by atoms with Crippen LogP contribution < -0.4 is 5.32 Å². The minimum absolute atomic E-state index is 0.00552. The van der Waals surface area contributed by atoms with Gasteiger partial charge < -0.3 is 15.0 Å². The van der Waals surface area contributed by atoms with Crippen molar-refractivity contribution >= 4 is 11.8 Å². The molecule has 1 aromatic rings. The van der Waals surface area contributed by atoms with Gasteiger partial charge in [0.05, 0.1) is 0 Å². The van der Waals surface area contributed by atoms with Crippen molar-refractivity contribution in [1.29, 1.82) is 0 Å². The van der Waals surface area contributed by atoms with Gasteiger partial charge in [-0.25, -0.2) is 0 Å². The predicted octanol–water partition coefficient (Wildman–Crippen LogP) is 1.89. The average molecular weight is 316 g/mol. The smallest absolute Gasteiger partial charge is 0.253 e. The molecule has 2 aliphatic rings. The van der Waals surface area contributed by atoms with E-state index in [9.17, 15) is 9.59 Å². The molecular formula is C18H24N2O3. The molecule has 5 heteroatoms. The first-order chi connectivity index (χ1) is 11.1. The number of nitrogens with one attached hydrogen (secondary N) is 1. The van der Waals surface area contributed by atoms with E-state index in [0.29, 0.717) is 19.7 Å². The zero-order valence-electron chi connectivity index (χ0n) is 13.6. The Morgan fingerprint density at radius 1 is 1.22 bits per heavy atom. The van der Waals surface area contributed by atoms with Gasteiger partial charge in [0.1, 0.15) is 6.10 Å². The number of benzene rings is 1. The van der Waals surface area contributed by atoms with Gasteiger partial charge in [-0.3, -0.25) is 9.59 Å². The summed E-state index contributed by atoms with van der Waals surface area (Å²) in [5.41, 5.74) is 1.83. The van der Waals surface area contributed by atoms with E-state index in [1.807, 2.05) is 36.1 Å². The molecule has 2 heterocycles. The number of amides is 2. The molecule has 124 valence electrons. The highest BCUT2D eigenvalue weighted by molar-refractivity contribution is 5.94. The van der Waals surface area contributed by atoms with E-state index < -0.39 is 0 Å². The number of hydrogen-bond acceptors (Lipinski definition) is 3. The lowest BCUT2D eigenvalue weighted by Crippen LogP contribution is -2.48. The second-order valence-corrected chi connectivity index (χ2v) is 6.45. The molecule has 3 rings (SSSR count). The monoisotopic (exact) mass is 316 g/mol. The van der Waals surface area contributed by atoms with Crippen molar-refractivity contribution in [1.82, 2.24) is 10.2 Å². The molecule has 1 N–H and O–H groups in total. The lowest BCUT2D eigenvalue weighted by molar-refractivity contribution is -0.131. The summed E-state index contributed by atoms with van der Waals surface area (Å²) in [5, 5.41) is 3.07. The number of likely N-dealkylation sites (tertiary alicyclic amines) is 1. The van der Waals surface area contributed by atoms with E-state index in [0.717, 1.165) is 36.8 Å². The van der Waals surface area contributed by atoms with E-state index in [1.54, 1.807) is 0 Å². The van der Waals surface area contributed by atoms with Crippen LogP contribution in [0.2, 0.25) is 0 Å². The normalized spacial score (nSPS) is 22.1. The molecule has 2 aliphatic heterocycles. The van der Waals surface area contributed by atoms with Crippen molar-refractivity contribution in [2.75, 3.05) is 19.7 Å². The highest BCUT2D eigenvalue weighted by Crippen LogP contribution is 2.17. The van der Waals surface area contributed by atoms with Gasteiger partial charge in [-0.1, -0.05) is 17.7 Å². The van der Waals surface area contributed by atoms with E-state index in [1.165, 1.54) is 0 Å². The molecular weight excluding hydrogens is 292 g/mol. The Morgan fingerprint density at radius 2 is 2.00 bits per heavy atom. The van der Waals surface area contributed by atoms with Crippen LogP contribution in [0.4, 0.5) is 0 Å². The number of piperidine rings is 1. The topological polar surface area (TPSA) is 58.6 Å². The van der Waals surface area contributed by atoms with Crippen molar-refractivity contribution in [3.63, 3.8) is 0 Å². The van der Waals surface area contributed by atoms with Crippen molar-refractivity contribution < 1.29 is 14.3 Å². The Bertz CT molecular complexity index is 573. The van der Waals surface area contributed by atoms with E-state index in [2.05, 4.69) is 5.32 Å². The molecule has 0 radical (unpaired) electrons. The number of carbonyl (C=O) groups is 2. The summed E-state index contributed by atoms with van der Waals surface area (Å²) in [7, 11) is 0. The Labute approximate surface area is 137 Å². The Kier molecular flexibility index (Phi) is 4.96. The number of hydrogen-bond donors (Lipinski definition) is 1. The van der Waals surface area contributed by atoms with Gasteiger partial charge in [-0.2, -0.15) is 0 Å². The zero-order chi connectivity index (χ0) is 16.2. The van der Waals surface area contributed by atoms with Crippen LogP contribution in [0.5, 0.6) is 0 Å². The molecule has 1 atom stereocenters. The fourth-order valence-corrected chi connectivity index (χ4v) is 3.27. The summed E-state index contributed by atoms with van der Waals surface area (Å²) in [5.74, 6) is 0.0866. The summed E-state index contributed by atoms with van der Waals surface area (Å²) >= 11 is 0. The van der Waals surface area contributed by atoms with Gasteiger partial charge in [0.2, 0.25) is 5.91 Å². The summed E-state index contributed by atoms with van der Waals surface area (Å²) in [6.07, 6.45) is 3.10. The molecule has 0 aliphatic carbocycles. The molecule has 0 spiro atoms. The number of rotatable bonds is 3. The summed E-state index contributed by atoms with van der Waals surface area (Å²) < 4.78 is 5.41. The van der Waals surface area contributed by atoms with E-state index in [-0.39, 0.29) is 24.0 Å². The van der Waals surface area contributed by atoms with Gasteiger partial charge in [0.25, 0.3) is 5.91 Å². The molecule has 2 saturated heterocycles. The van der Waals surface area contributed by atoms with Crippen LogP contribution in [0.3, 0.4) is 0 Å². The quantitative estimate of drug-likeness (QED) is 0.926. The summed E-state index contributed by atoms with van der Waals surface area (Å²) in [6, 6.07) is 7.84. The van der Waals surface area contributed by atoms with Crippen LogP contribution in [-0.4, -0.2) is 48.6 Å². The predicted molar refractivity (Wildman–Crippen MR) is 87.2 cm³/mol. The zero-order valence-corrected chi connectivity index (χ0v) is 13.6. The molecule has 2 amide bonds. The lowest BCUT2D eigenvalue weighted by Gasteiger charge is -2.33. The Hall–Kier alpha value is -1.88. The number of ether oxygens (including phenoxy) is 1. The molecule has 1 aromatic carbocycles. The van der Waals surface area contributed by atoms with Crippen LogP contribution >= 0.6 is 0 Å². The van der Waals surface area contributed by atoms with Crippen molar-refractivity contribution in [3.8, 4) is 0 Å². The second kappa shape index (κ2) is 7.13. The molecule has 0 saturated carbocycles. The number of carbonyl (C=O) groups excluding carboxylic acids is 2. The standard InChI is InChI=1S/C18H24N2O3/c1-13-4-2-5-14(12-13)18(22)20-9-7-15(8-10-20)19-17(21)16-6-3-11-23-16/h2,4-5,12,15-16H,3,6-11H2,1H3,(H,19,21). The third-order valence-corrected chi connectivity index (χ3v) is 4.62. The Morgan fingerprint density at radius 3 is 2.65 bits per heavy atom. The molecule has 5 nitrogen and oxygen atoms in total. The average Bonchev–Trinajstić information content (AvgIpc) is 3.09. The Balaban J connectivity index is 1.50. The van der Waals surface area contributed by atoms with Crippen molar-refractivity contribution in [3.05, 3.63) is 35.4 Å². The van der Waals surface area contributed by atoms with Gasteiger partial charge in [0, 0.05) is 31.3 Å². The lowest BCUT2D eigenvalue weighted by atomic mass is 10.0. The van der Waals surface area contributed by atoms with Crippen LogP contribution in [0.25, 0.3) is 0 Å². The van der Waals surface area contributed by atoms with E-state index >= 15 is 0 Å². The maximum absolute atomic E-state index is 12.5. The first-order valence-corrected chi connectivity index (χ1v) is 8.41. The fraction of sp³-hybridized carbons (Fsp3) is 0.556. The highest BCUT2D eigenvalue weighted by Gasteiger charge is 2.28. The van der Waals surface area contributed by atoms with Gasteiger partial charge in [-0.15, -0.1) is 0 Å². The van der Waals surface area contributed by atoms with Crippen molar-refractivity contribution in [2.45, 2.75) is 44.8 Å². The van der Waals surface area contributed by atoms with E-state index in [4.69, 9.17) is 4.74 Å². The number of aryl methyl sites for hydroxylation is 1. The first-order valence-electron chi connectivity index (χ1n) is 8.41. The highest BCUT2D eigenvalue weighted by atomic mass is 16.5. The largest absolute Gasteiger partial charge is 0.368 e. The maximum Gasteiger partial charge on any atom is 0.253 e. The van der Waals surface area contributed by atoms with Crippen LogP contribution in [0.1, 0.15) is 41.6 Å². The van der Waals surface area contributed by atoms with Crippen LogP contribution in [0.15, 0.2) is 24.3 Å². The van der Waals surface area contributed by atoms with Gasteiger partial charge in [-0.05, 0) is 44.7 Å². The SMILES string of the molecule is Cc1cccc(C(=O)N2CCC(NC(=O)C3CCCO3)CC2)c1. The third-order valence-electron chi connectivity index (χ3n) is 4.62. The molecule has 2 fully saturated rings. The maximum atomic E-state index is 12.5. The second-order valence-electron chi connectivity index (χ2n) is 6.45. The number of nitrogens with zero attached hydrogens (tertiary/aromatic N) is 1. The first kappa shape index (κ1) is 16.0. The molecule has 0 aromatic heterocycles. The minimum atomic E-state index is -0.276. The van der Waals surface area contributed by atoms with Crippen LogP contribution in [-0.2, 0) is 9.53 Å². The fourth-order valence-electron chi connectivity index (χ4n) is 3.27. The summed E-state index contributed by atoms with van der Waals surface area (Å²) in [4.78, 5) is 26.5. The van der Waals surface area contributed by atoms with Crippen molar-refractivity contribution in [2.24, 2.45) is 0 Å². The van der Waals surface area contributed by atoms with Crippen LogP contribution in [0, 0.1) is 6.92 Å². The molecule has 1 unspecified atom stereocenters. The molecule has 0 bridgehead atoms. The summed E-state index contributed by atoms with van der Waals surface area (Å²) in [6.45, 7) is 4.04.